The van der Waals surface area contributed by atoms with Crippen molar-refractivity contribution in [1.29, 1.82) is 0 Å². The monoisotopic (exact) mass is 282 g/mol. The highest BCUT2D eigenvalue weighted by Gasteiger charge is 2.10. The summed E-state index contributed by atoms with van der Waals surface area (Å²) in [5.74, 6) is -1.97. The fourth-order valence-electron chi connectivity index (χ4n) is 2.03. The highest BCUT2D eigenvalue weighted by molar-refractivity contribution is 5.96. The Morgan fingerprint density at radius 2 is 1.71 bits per heavy atom. The van der Waals surface area contributed by atoms with Crippen LogP contribution in [0.4, 0.5) is 0 Å². The molecule has 21 heavy (non-hydrogen) atoms. The van der Waals surface area contributed by atoms with E-state index in [-0.39, 0.29) is 11.1 Å². The fraction of sp³-hybridized carbons (Fsp3) is 0.0588. The predicted octanol–water partition coefficient (Wildman–Crippen LogP) is 3.54. The summed E-state index contributed by atoms with van der Waals surface area (Å²) in [5.41, 5.74) is 2.49. The van der Waals surface area contributed by atoms with E-state index in [0.29, 0.717) is 11.1 Å². The van der Waals surface area contributed by atoms with Crippen molar-refractivity contribution in [3.63, 3.8) is 0 Å². The molecule has 0 aliphatic rings. The minimum atomic E-state index is -0.992. The number of carbonyl (C=O) groups is 2. The van der Waals surface area contributed by atoms with E-state index >= 15 is 0 Å². The van der Waals surface area contributed by atoms with Crippen molar-refractivity contribution >= 4 is 18.0 Å². The van der Waals surface area contributed by atoms with E-state index in [4.69, 9.17) is 5.11 Å². The van der Waals surface area contributed by atoms with Crippen LogP contribution in [-0.4, -0.2) is 22.2 Å². The van der Waals surface area contributed by atoms with E-state index in [9.17, 15) is 14.7 Å². The van der Waals surface area contributed by atoms with Gasteiger partial charge >= 0.3 is 11.9 Å². The highest BCUT2D eigenvalue weighted by Crippen LogP contribution is 2.25. The zero-order valence-corrected chi connectivity index (χ0v) is 11.4. The summed E-state index contributed by atoms with van der Waals surface area (Å²) in [6.07, 6.45) is 1.55. The van der Waals surface area contributed by atoms with Crippen molar-refractivity contribution in [2.24, 2.45) is 0 Å². The molecule has 2 aromatic rings. The van der Waals surface area contributed by atoms with Gasteiger partial charge in [-0.3, -0.25) is 0 Å². The zero-order chi connectivity index (χ0) is 15.4. The van der Waals surface area contributed by atoms with Crippen LogP contribution in [0.25, 0.3) is 17.2 Å². The molecule has 0 aliphatic carbocycles. The van der Waals surface area contributed by atoms with Crippen LogP contribution in [0, 0.1) is 0 Å². The van der Waals surface area contributed by atoms with Crippen molar-refractivity contribution in [3.05, 3.63) is 65.2 Å². The van der Waals surface area contributed by atoms with Crippen LogP contribution in [0.15, 0.2) is 54.1 Å². The number of hydrogen-bond acceptors (Lipinski definition) is 2. The molecule has 0 aromatic heterocycles. The summed E-state index contributed by atoms with van der Waals surface area (Å²) in [6.45, 7) is 1.51. The molecule has 0 atom stereocenters. The fourth-order valence-corrected chi connectivity index (χ4v) is 2.03. The lowest BCUT2D eigenvalue weighted by Gasteiger charge is -2.07. The van der Waals surface area contributed by atoms with Gasteiger partial charge in [0.1, 0.15) is 0 Å². The van der Waals surface area contributed by atoms with Gasteiger partial charge in [-0.25, -0.2) is 9.59 Å². The number of carboxylic acid groups (broad SMARTS) is 2. The van der Waals surface area contributed by atoms with Gasteiger partial charge < -0.3 is 10.2 Å². The second kappa shape index (κ2) is 6.05. The lowest BCUT2D eigenvalue weighted by molar-refractivity contribution is -0.132. The van der Waals surface area contributed by atoms with Crippen molar-refractivity contribution < 1.29 is 19.8 Å². The molecule has 106 valence electrons. The zero-order valence-electron chi connectivity index (χ0n) is 11.4. The molecule has 0 amide bonds. The average Bonchev–Trinajstić information content (AvgIpc) is 2.47. The molecule has 0 saturated heterocycles. The van der Waals surface area contributed by atoms with Gasteiger partial charge in [-0.05, 0) is 41.8 Å². The Balaban J connectivity index is 2.50. The molecule has 4 nitrogen and oxygen atoms in total. The van der Waals surface area contributed by atoms with Gasteiger partial charge in [-0.1, -0.05) is 36.4 Å². The first-order valence-electron chi connectivity index (χ1n) is 6.33. The van der Waals surface area contributed by atoms with Crippen LogP contribution in [0.1, 0.15) is 22.8 Å². The second-order valence-corrected chi connectivity index (χ2v) is 4.61. The predicted molar refractivity (Wildman–Crippen MR) is 80.1 cm³/mol. The third-order valence-electron chi connectivity index (χ3n) is 3.08. The van der Waals surface area contributed by atoms with Crippen LogP contribution in [0.3, 0.4) is 0 Å². The molecule has 0 fully saturated rings. The molecule has 2 N–H and O–H groups in total. The van der Waals surface area contributed by atoms with Crippen LogP contribution in [0.5, 0.6) is 0 Å². The largest absolute Gasteiger partial charge is 0.478 e. The lowest BCUT2D eigenvalue weighted by Crippen LogP contribution is -1.99. The van der Waals surface area contributed by atoms with Gasteiger partial charge in [0.15, 0.2) is 0 Å². The summed E-state index contributed by atoms with van der Waals surface area (Å²) in [7, 11) is 0. The van der Waals surface area contributed by atoms with Crippen LogP contribution < -0.4 is 0 Å². The Hall–Kier alpha value is -2.88. The molecule has 0 heterocycles. The minimum Gasteiger partial charge on any atom is -0.478 e. The van der Waals surface area contributed by atoms with Gasteiger partial charge in [0.05, 0.1) is 5.56 Å². The van der Waals surface area contributed by atoms with Crippen LogP contribution in [-0.2, 0) is 4.79 Å². The Morgan fingerprint density at radius 1 is 1.00 bits per heavy atom. The Kier molecular flexibility index (Phi) is 4.18. The van der Waals surface area contributed by atoms with Crippen molar-refractivity contribution in [2.45, 2.75) is 6.92 Å². The second-order valence-electron chi connectivity index (χ2n) is 4.61. The Morgan fingerprint density at radius 3 is 2.38 bits per heavy atom. The summed E-state index contributed by atoms with van der Waals surface area (Å²) in [5, 5.41) is 18.1. The number of hydrogen-bond donors (Lipinski definition) is 2. The lowest BCUT2D eigenvalue weighted by atomic mass is 9.97. The number of aliphatic carboxylic acids is 1. The van der Waals surface area contributed by atoms with Crippen molar-refractivity contribution in [3.8, 4) is 11.1 Å². The van der Waals surface area contributed by atoms with Gasteiger partial charge in [-0.2, -0.15) is 0 Å². The van der Waals surface area contributed by atoms with Crippen molar-refractivity contribution in [2.75, 3.05) is 0 Å². The van der Waals surface area contributed by atoms with Gasteiger partial charge in [0.25, 0.3) is 0 Å². The van der Waals surface area contributed by atoms with Gasteiger partial charge in [-0.15, -0.1) is 0 Å². The maximum atomic E-state index is 11.3. The van der Waals surface area contributed by atoms with Crippen LogP contribution in [0.2, 0.25) is 0 Å². The summed E-state index contributed by atoms with van der Waals surface area (Å²) < 4.78 is 0. The summed E-state index contributed by atoms with van der Waals surface area (Å²) >= 11 is 0. The van der Waals surface area contributed by atoms with Crippen molar-refractivity contribution in [1.82, 2.24) is 0 Å². The minimum absolute atomic E-state index is 0.216. The van der Waals surface area contributed by atoms with E-state index in [2.05, 4.69) is 0 Å². The van der Waals surface area contributed by atoms with E-state index in [0.717, 1.165) is 5.56 Å². The molecule has 0 aliphatic heterocycles. The van der Waals surface area contributed by atoms with E-state index in [1.807, 2.05) is 0 Å². The quantitative estimate of drug-likeness (QED) is 0.841. The maximum absolute atomic E-state index is 11.3. The first-order chi connectivity index (χ1) is 9.99. The number of rotatable bonds is 4. The van der Waals surface area contributed by atoms with Crippen LogP contribution >= 0.6 is 0 Å². The average molecular weight is 282 g/mol. The highest BCUT2D eigenvalue weighted by atomic mass is 16.4. The van der Waals surface area contributed by atoms with E-state index in [1.165, 1.54) is 6.92 Å². The smallest absolute Gasteiger partial charge is 0.336 e. The van der Waals surface area contributed by atoms with Gasteiger partial charge in [0, 0.05) is 5.57 Å². The van der Waals surface area contributed by atoms with Gasteiger partial charge in [0.2, 0.25) is 0 Å². The summed E-state index contributed by atoms with van der Waals surface area (Å²) in [6, 6.07) is 13.8. The molecule has 0 saturated carbocycles. The molecule has 0 bridgehead atoms. The normalized spacial score (nSPS) is 11.2. The molecule has 0 spiro atoms. The maximum Gasteiger partial charge on any atom is 0.336 e. The summed E-state index contributed by atoms with van der Waals surface area (Å²) in [4.78, 5) is 22.1. The third kappa shape index (κ3) is 3.36. The molecule has 2 aromatic carbocycles. The van der Waals surface area contributed by atoms with E-state index in [1.54, 1.807) is 54.6 Å². The molecular formula is C17H14O4. The Bertz CT molecular complexity index is 729. The molecule has 4 heteroatoms. The number of aromatic carboxylic acids is 1. The number of benzene rings is 2. The van der Waals surface area contributed by atoms with E-state index < -0.39 is 11.9 Å². The SMILES string of the molecule is C/C(=C\c1cccc(-c2ccccc2C(=O)O)c1)C(=O)O. The molecule has 0 unspecified atom stereocenters. The third-order valence-corrected chi connectivity index (χ3v) is 3.08. The number of carboxylic acids is 2. The Labute approximate surface area is 122 Å². The standard InChI is InChI=1S/C17H14O4/c1-11(16(18)19)9-12-5-4-6-13(10-12)14-7-2-3-8-15(14)17(20)21/h2-10H,1H3,(H,18,19)(H,20,21)/b11-9+. The first kappa shape index (κ1) is 14.5. The molecular weight excluding hydrogens is 268 g/mol. The first-order valence-corrected chi connectivity index (χ1v) is 6.33. The molecule has 2 rings (SSSR count). The topological polar surface area (TPSA) is 74.6 Å². The molecule has 0 radical (unpaired) electrons.